The van der Waals surface area contributed by atoms with Crippen LogP contribution in [0, 0.1) is 0 Å². The van der Waals surface area contributed by atoms with Crippen molar-refractivity contribution < 1.29 is 19.1 Å². The molecule has 6 aromatic rings. The van der Waals surface area contributed by atoms with E-state index in [-0.39, 0.29) is 6.16 Å². The lowest BCUT2D eigenvalue weighted by molar-refractivity contribution is -0.161. The van der Waals surface area contributed by atoms with Crippen LogP contribution in [0.15, 0.2) is 176 Å². The fourth-order valence-electron chi connectivity index (χ4n) is 6.49. The second-order valence-corrected chi connectivity index (χ2v) is 14.8. The molecule has 1 amide bonds. The highest BCUT2D eigenvalue weighted by atomic mass is 31.2. The monoisotopic (exact) mass is 632 g/mol. The molecule has 0 bridgehead atoms. The molecule has 1 unspecified atom stereocenters. The van der Waals surface area contributed by atoms with E-state index >= 15 is 0 Å². The Balaban J connectivity index is 1.42. The van der Waals surface area contributed by atoms with Crippen LogP contribution < -0.4 is 20.8 Å². The van der Waals surface area contributed by atoms with E-state index in [1.54, 1.807) is 66.7 Å². The number of benzene rings is 6. The predicted molar refractivity (Wildman–Crippen MR) is 189 cm³/mol. The number of hydrogen-bond donors (Lipinski definition) is 0. The van der Waals surface area contributed by atoms with Gasteiger partial charge in [0, 0.05) is 16.8 Å². The normalized spacial score (nSPS) is 16.0. The zero-order valence-electron chi connectivity index (χ0n) is 25.5. The maximum absolute atomic E-state index is 15.0. The molecule has 1 heterocycles. The molecule has 0 spiro atoms. The highest BCUT2D eigenvalue weighted by molar-refractivity contribution is 7.96. The van der Waals surface area contributed by atoms with Crippen molar-refractivity contribution in [2.75, 3.05) is 11.1 Å². The van der Waals surface area contributed by atoms with E-state index in [4.69, 9.17) is 4.74 Å². The molecule has 6 aromatic carbocycles. The van der Waals surface area contributed by atoms with Crippen LogP contribution in [-0.4, -0.2) is 23.8 Å². The summed E-state index contributed by atoms with van der Waals surface area (Å²) in [7, 11) is -2.69. The molecule has 7 rings (SSSR count). The number of nitrogens with zero attached hydrogens (tertiary/aromatic N) is 1. The summed E-state index contributed by atoms with van der Waals surface area (Å²) in [5.41, 5.74) is -0.656. The van der Waals surface area contributed by atoms with E-state index in [2.05, 4.69) is 0 Å². The maximum Gasteiger partial charge on any atom is 0.346 e. The van der Waals surface area contributed by atoms with Crippen molar-refractivity contribution in [3.63, 3.8) is 0 Å². The van der Waals surface area contributed by atoms with E-state index in [9.17, 15) is 14.4 Å². The van der Waals surface area contributed by atoms with E-state index in [1.165, 1.54) is 4.90 Å². The standard InChI is InChI=1S/C41H31NO4P/c43-38(30-47(33-22-10-3-11-23-33,34-24-12-4-13-25-34)35-26-14-5-15-27-35)46-41(31-18-6-1-7-19-31)39(44)36-28-16-17-29-37(36)42(40(41)45)32-20-8-2-9-21-32/h1-29H,30H2/q+1. The molecule has 0 saturated heterocycles. The second-order valence-electron chi connectivity index (χ2n) is 11.3. The zero-order valence-corrected chi connectivity index (χ0v) is 26.4. The van der Waals surface area contributed by atoms with Gasteiger partial charge in [0.15, 0.2) is 6.16 Å². The van der Waals surface area contributed by atoms with Crippen LogP contribution in [0.5, 0.6) is 0 Å². The van der Waals surface area contributed by atoms with Crippen LogP contribution in [-0.2, 0) is 19.9 Å². The van der Waals surface area contributed by atoms with Crippen LogP contribution in [0.2, 0.25) is 0 Å². The summed E-state index contributed by atoms with van der Waals surface area (Å²) < 4.78 is 6.47. The molecule has 228 valence electrons. The minimum absolute atomic E-state index is 0.0623. The van der Waals surface area contributed by atoms with Gasteiger partial charge in [0.2, 0.25) is 5.78 Å². The smallest absolute Gasteiger partial charge is 0.346 e. The number of hydrogen-bond acceptors (Lipinski definition) is 4. The van der Waals surface area contributed by atoms with Gasteiger partial charge in [-0.3, -0.25) is 14.5 Å². The largest absolute Gasteiger partial charge is 0.433 e. The molecule has 0 saturated carbocycles. The van der Waals surface area contributed by atoms with Crippen LogP contribution in [0.3, 0.4) is 0 Å². The van der Waals surface area contributed by atoms with Gasteiger partial charge in [0.25, 0.3) is 11.5 Å². The van der Waals surface area contributed by atoms with Crippen LogP contribution in [0.4, 0.5) is 11.4 Å². The Hall–Kier alpha value is -5.64. The molecule has 0 aromatic heterocycles. The van der Waals surface area contributed by atoms with E-state index in [0.29, 0.717) is 22.5 Å². The SMILES string of the molecule is O=C(C[P+](c1ccccc1)(c1ccccc1)c1ccccc1)OC1(c2ccccc2)C(=O)c2ccccc2N(c2ccccc2)C1=O. The van der Waals surface area contributed by atoms with Crippen molar-refractivity contribution >= 4 is 52.2 Å². The summed E-state index contributed by atoms with van der Waals surface area (Å²) in [5.74, 6) is -1.87. The van der Waals surface area contributed by atoms with Gasteiger partial charge in [-0.1, -0.05) is 115 Å². The summed E-state index contributed by atoms with van der Waals surface area (Å²) in [4.78, 5) is 45.9. The third-order valence-corrected chi connectivity index (χ3v) is 12.9. The molecule has 0 fully saturated rings. The van der Waals surface area contributed by atoms with E-state index in [1.807, 2.05) is 109 Å². The molecule has 1 aliphatic heterocycles. The van der Waals surface area contributed by atoms with Crippen LogP contribution in [0.1, 0.15) is 15.9 Å². The first-order chi connectivity index (χ1) is 23.1. The number of rotatable bonds is 8. The first-order valence-electron chi connectivity index (χ1n) is 15.4. The Morgan fingerprint density at radius 1 is 0.553 bits per heavy atom. The lowest BCUT2D eigenvalue weighted by atomic mass is 9.80. The number of carbonyl (C=O) groups is 3. The molecule has 1 aliphatic rings. The number of ketones is 1. The number of carbonyl (C=O) groups excluding carboxylic acids is 3. The molecule has 5 nitrogen and oxygen atoms in total. The fourth-order valence-corrected chi connectivity index (χ4v) is 10.4. The number of esters is 1. The maximum atomic E-state index is 15.0. The summed E-state index contributed by atoms with van der Waals surface area (Å²) >= 11 is 0. The number of fused-ring (bicyclic) bond motifs is 1. The van der Waals surface area contributed by atoms with Crippen molar-refractivity contribution in [1.29, 1.82) is 0 Å². The summed E-state index contributed by atoms with van der Waals surface area (Å²) in [6.07, 6.45) is -0.0623. The number of anilines is 2. The quantitative estimate of drug-likeness (QED) is 0.103. The topological polar surface area (TPSA) is 63.7 Å². The number of Topliss-reactive ketones (excluding diaryl/α,β-unsaturated/α-hetero) is 1. The van der Waals surface area contributed by atoms with Gasteiger partial charge < -0.3 is 4.74 Å². The van der Waals surface area contributed by atoms with Crippen LogP contribution >= 0.6 is 7.26 Å². The molecule has 0 N–H and O–H groups in total. The van der Waals surface area contributed by atoms with Gasteiger partial charge in [-0.15, -0.1) is 0 Å². The molecule has 6 heteroatoms. The Morgan fingerprint density at radius 2 is 0.979 bits per heavy atom. The molecular formula is C41H31NO4P+. The minimum Gasteiger partial charge on any atom is -0.433 e. The minimum atomic E-state index is -2.69. The van der Waals surface area contributed by atoms with Crippen molar-refractivity contribution in [2.24, 2.45) is 0 Å². The first kappa shape index (κ1) is 30.0. The van der Waals surface area contributed by atoms with Crippen molar-refractivity contribution in [3.05, 3.63) is 187 Å². The Bertz CT molecular complexity index is 1940. The third-order valence-electron chi connectivity index (χ3n) is 8.63. The number of para-hydroxylation sites is 2. The average Bonchev–Trinajstić information content (AvgIpc) is 3.14. The lowest BCUT2D eigenvalue weighted by Crippen LogP contribution is -2.57. The van der Waals surface area contributed by atoms with Gasteiger partial charge in [-0.25, -0.2) is 4.79 Å². The Morgan fingerprint density at radius 3 is 1.49 bits per heavy atom. The van der Waals surface area contributed by atoms with Crippen molar-refractivity contribution in [3.8, 4) is 0 Å². The first-order valence-corrected chi connectivity index (χ1v) is 17.4. The van der Waals surface area contributed by atoms with E-state index < -0.39 is 30.5 Å². The third kappa shape index (κ3) is 5.15. The number of amides is 1. The highest BCUT2D eigenvalue weighted by Crippen LogP contribution is 2.56. The molecular weight excluding hydrogens is 601 g/mol. The van der Waals surface area contributed by atoms with Crippen molar-refractivity contribution in [1.82, 2.24) is 0 Å². The van der Waals surface area contributed by atoms with Crippen LogP contribution in [0.25, 0.3) is 0 Å². The molecule has 0 radical (unpaired) electrons. The average molecular weight is 633 g/mol. The molecule has 0 aliphatic carbocycles. The second kappa shape index (κ2) is 12.6. The highest BCUT2D eigenvalue weighted by Gasteiger charge is 2.59. The zero-order chi connectivity index (χ0) is 32.3. The van der Waals surface area contributed by atoms with Gasteiger partial charge in [0.05, 0.1) is 5.69 Å². The number of ether oxygens (including phenoxy) is 1. The summed E-state index contributed by atoms with van der Waals surface area (Å²) in [5, 5.41) is 2.96. The van der Waals surface area contributed by atoms with Gasteiger partial charge in [0.1, 0.15) is 23.2 Å². The lowest BCUT2D eigenvalue weighted by Gasteiger charge is -2.41. The molecule has 47 heavy (non-hydrogen) atoms. The van der Waals surface area contributed by atoms with E-state index in [0.717, 1.165) is 15.9 Å². The van der Waals surface area contributed by atoms with Gasteiger partial charge in [-0.2, -0.15) is 0 Å². The Labute approximate surface area is 274 Å². The fraction of sp³-hybridized carbons (Fsp3) is 0.0488. The van der Waals surface area contributed by atoms with Crippen molar-refractivity contribution in [2.45, 2.75) is 5.60 Å². The Kier molecular flexibility index (Phi) is 8.07. The predicted octanol–water partition coefficient (Wildman–Crippen LogP) is 6.98. The molecule has 1 atom stereocenters. The summed E-state index contributed by atoms with van der Waals surface area (Å²) in [6, 6.07) is 54.6. The summed E-state index contributed by atoms with van der Waals surface area (Å²) in [6.45, 7) is 0. The van der Waals surface area contributed by atoms with Gasteiger partial charge >= 0.3 is 5.97 Å². The van der Waals surface area contributed by atoms with Gasteiger partial charge in [-0.05, 0) is 60.7 Å².